The fourth-order valence-corrected chi connectivity index (χ4v) is 3.37. The van der Waals surface area contributed by atoms with Crippen LogP contribution in [0.1, 0.15) is 44.0 Å². The molecule has 0 saturated carbocycles. The monoisotopic (exact) mass is 419 g/mol. The fraction of sp³-hybridized carbons (Fsp3) is 0.526. The largest absolute Gasteiger partial charge is 0.451 e. The minimum absolute atomic E-state index is 0.309. The molecule has 1 aliphatic heterocycles. The zero-order valence-corrected chi connectivity index (χ0v) is 17.2. The Kier molecular flexibility index (Phi) is 6.43. The van der Waals surface area contributed by atoms with Crippen molar-refractivity contribution in [1.82, 2.24) is 19.9 Å². The maximum Gasteiger partial charge on any atom is 0.187 e. The Balaban J connectivity index is 1.76. The molecule has 0 spiro atoms. The van der Waals surface area contributed by atoms with E-state index in [-0.39, 0.29) is 0 Å². The van der Waals surface area contributed by atoms with Crippen LogP contribution < -0.4 is 10.1 Å². The highest BCUT2D eigenvalue weighted by atomic mass is 79.9. The van der Waals surface area contributed by atoms with E-state index in [1.54, 1.807) is 6.20 Å². The lowest BCUT2D eigenvalue weighted by atomic mass is 10.1. The summed E-state index contributed by atoms with van der Waals surface area (Å²) in [6.45, 7) is 10.4. The molecule has 1 fully saturated rings. The zero-order chi connectivity index (χ0) is 18.5. The van der Waals surface area contributed by atoms with Gasteiger partial charge in [-0.25, -0.2) is 15.0 Å². The van der Waals surface area contributed by atoms with Crippen molar-refractivity contribution in [2.45, 2.75) is 39.5 Å². The number of ether oxygens (including phenoxy) is 1. The molecule has 1 N–H and O–H groups in total. The first kappa shape index (κ1) is 19.0. The molecule has 0 aromatic carbocycles. The van der Waals surface area contributed by atoms with E-state index < -0.39 is 0 Å². The Hall–Kier alpha value is -1.73. The topological polar surface area (TPSA) is 63.2 Å². The minimum atomic E-state index is 0.309. The second-order valence-corrected chi connectivity index (χ2v) is 7.72. The number of aromatic nitrogens is 3. The van der Waals surface area contributed by atoms with Crippen LogP contribution >= 0.6 is 15.9 Å². The summed E-state index contributed by atoms with van der Waals surface area (Å²) in [5, 5.41) is 3.42. The lowest BCUT2D eigenvalue weighted by Gasteiger charge is -2.18. The molecule has 0 atom stereocenters. The average Bonchev–Trinajstić information content (AvgIpc) is 3.10. The summed E-state index contributed by atoms with van der Waals surface area (Å²) in [5.74, 6) is 3.18. The number of likely N-dealkylation sites (tertiary alicyclic amines) is 1. The third-order valence-electron chi connectivity index (χ3n) is 4.50. The summed E-state index contributed by atoms with van der Waals surface area (Å²) in [4.78, 5) is 15.6. The first-order valence-corrected chi connectivity index (χ1v) is 9.95. The van der Waals surface area contributed by atoms with Crippen LogP contribution in [0.2, 0.25) is 0 Å². The molecule has 1 saturated heterocycles. The molecule has 6 nitrogen and oxygen atoms in total. The Morgan fingerprint density at radius 2 is 1.96 bits per heavy atom. The van der Waals surface area contributed by atoms with Crippen molar-refractivity contribution in [3.05, 3.63) is 34.5 Å². The Bertz CT molecular complexity index is 747. The van der Waals surface area contributed by atoms with Gasteiger partial charge in [-0.15, -0.1) is 0 Å². The molecule has 26 heavy (non-hydrogen) atoms. The van der Waals surface area contributed by atoms with Crippen LogP contribution in [0.5, 0.6) is 11.5 Å². The Morgan fingerprint density at radius 3 is 2.69 bits per heavy atom. The maximum atomic E-state index is 6.19. The summed E-state index contributed by atoms with van der Waals surface area (Å²) < 4.78 is 6.93. The molecule has 1 aliphatic rings. The molecule has 7 heteroatoms. The van der Waals surface area contributed by atoms with E-state index in [1.807, 2.05) is 19.2 Å². The normalized spacial score (nSPS) is 14.8. The number of aryl methyl sites for hydroxylation is 1. The number of halogens is 1. The summed E-state index contributed by atoms with van der Waals surface area (Å²) in [7, 11) is 0. The number of rotatable bonds is 7. The third-order valence-corrected chi connectivity index (χ3v) is 4.93. The van der Waals surface area contributed by atoms with Crippen LogP contribution in [0, 0.1) is 6.92 Å². The van der Waals surface area contributed by atoms with Gasteiger partial charge in [0, 0.05) is 30.9 Å². The lowest BCUT2D eigenvalue weighted by molar-refractivity contribution is 0.352. The van der Waals surface area contributed by atoms with Crippen molar-refractivity contribution < 1.29 is 4.74 Å². The highest BCUT2D eigenvalue weighted by Gasteiger charge is 2.15. The second kappa shape index (κ2) is 8.77. The molecule has 0 unspecified atom stereocenters. The number of nitrogens with one attached hydrogen (secondary N) is 1. The van der Waals surface area contributed by atoms with E-state index in [0.29, 0.717) is 11.7 Å². The number of pyridine rings is 1. The van der Waals surface area contributed by atoms with E-state index in [0.717, 1.165) is 40.6 Å². The van der Waals surface area contributed by atoms with Crippen LogP contribution in [0.4, 0.5) is 5.82 Å². The average molecular weight is 420 g/mol. The molecule has 2 aromatic rings. The number of nitrogens with zero attached hydrogens (tertiary/aromatic N) is 4. The van der Waals surface area contributed by atoms with Crippen LogP contribution in [0.3, 0.4) is 0 Å². The molecule has 2 aromatic heterocycles. The van der Waals surface area contributed by atoms with Crippen LogP contribution in [0.15, 0.2) is 23.1 Å². The fourth-order valence-electron chi connectivity index (χ4n) is 3.06. The van der Waals surface area contributed by atoms with Gasteiger partial charge in [0.15, 0.2) is 11.6 Å². The quantitative estimate of drug-likeness (QED) is 0.672. The molecule has 0 amide bonds. The highest BCUT2D eigenvalue weighted by molar-refractivity contribution is 9.10. The maximum absolute atomic E-state index is 6.19. The third kappa shape index (κ3) is 4.92. The van der Waals surface area contributed by atoms with Crippen molar-refractivity contribution in [3.8, 4) is 11.5 Å². The van der Waals surface area contributed by atoms with Gasteiger partial charge in [-0.2, -0.15) is 0 Å². The molecular weight excluding hydrogens is 394 g/mol. The Labute approximate surface area is 163 Å². The van der Waals surface area contributed by atoms with Crippen molar-refractivity contribution in [2.24, 2.45) is 0 Å². The van der Waals surface area contributed by atoms with E-state index in [1.165, 1.54) is 25.9 Å². The molecule has 140 valence electrons. The van der Waals surface area contributed by atoms with Gasteiger partial charge in [-0.3, -0.25) is 0 Å². The zero-order valence-electron chi connectivity index (χ0n) is 15.6. The lowest BCUT2D eigenvalue weighted by Crippen LogP contribution is -2.26. The van der Waals surface area contributed by atoms with Crippen molar-refractivity contribution in [1.29, 1.82) is 0 Å². The smallest absolute Gasteiger partial charge is 0.187 e. The predicted molar refractivity (Wildman–Crippen MR) is 107 cm³/mol. The summed E-state index contributed by atoms with van der Waals surface area (Å²) >= 11 is 3.43. The van der Waals surface area contributed by atoms with Gasteiger partial charge in [0.05, 0.1) is 6.20 Å². The number of hydrogen-bond acceptors (Lipinski definition) is 6. The highest BCUT2D eigenvalue weighted by Crippen LogP contribution is 2.34. The van der Waals surface area contributed by atoms with Crippen molar-refractivity contribution in [2.75, 3.05) is 31.5 Å². The van der Waals surface area contributed by atoms with Crippen LogP contribution in [0.25, 0.3) is 0 Å². The number of hydrogen-bond donors (Lipinski definition) is 1. The first-order valence-electron chi connectivity index (χ1n) is 9.16. The van der Waals surface area contributed by atoms with Crippen LogP contribution in [-0.4, -0.2) is 46.0 Å². The molecule has 0 bridgehead atoms. The molecule has 0 radical (unpaired) electrons. The molecule has 3 rings (SSSR count). The van der Waals surface area contributed by atoms with E-state index in [4.69, 9.17) is 4.74 Å². The summed E-state index contributed by atoms with van der Waals surface area (Å²) in [5.41, 5.74) is 1.05. The van der Waals surface area contributed by atoms with E-state index in [9.17, 15) is 0 Å². The second-order valence-electron chi connectivity index (χ2n) is 6.91. The van der Waals surface area contributed by atoms with Crippen molar-refractivity contribution in [3.63, 3.8) is 0 Å². The van der Waals surface area contributed by atoms with Gasteiger partial charge in [0.1, 0.15) is 16.2 Å². The van der Waals surface area contributed by atoms with Gasteiger partial charge < -0.3 is 15.0 Å². The molecule has 0 aliphatic carbocycles. The molecule has 3 heterocycles. The summed E-state index contributed by atoms with van der Waals surface area (Å²) in [6, 6.07) is 1.89. The van der Waals surface area contributed by atoms with E-state index in [2.05, 4.69) is 54.9 Å². The van der Waals surface area contributed by atoms with Gasteiger partial charge in [-0.1, -0.05) is 13.8 Å². The first-order chi connectivity index (χ1) is 12.5. The standard InChI is InChI=1S/C19H26BrN5O/c1-13(2)15-11-23-18(20)10-16(15)26-17-12-22-14(3)24-19(17)21-6-9-25-7-4-5-8-25/h10-13H,4-9H2,1-3H3,(H,21,22,24). The number of anilines is 1. The van der Waals surface area contributed by atoms with Crippen molar-refractivity contribution >= 4 is 21.7 Å². The van der Waals surface area contributed by atoms with Gasteiger partial charge in [0.2, 0.25) is 0 Å². The molecular formula is C19H26BrN5O. The van der Waals surface area contributed by atoms with Gasteiger partial charge >= 0.3 is 0 Å². The SMILES string of the molecule is Cc1ncc(Oc2cc(Br)ncc2C(C)C)c(NCCN2CCCC2)n1. The minimum Gasteiger partial charge on any atom is -0.451 e. The van der Waals surface area contributed by atoms with Crippen LogP contribution in [-0.2, 0) is 0 Å². The predicted octanol–water partition coefficient (Wildman–Crippen LogP) is 4.37. The summed E-state index contributed by atoms with van der Waals surface area (Å²) in [6.07, 6.45) is 6.18. The van der Waals surface area contributed by atoms with Gasteiger partial charge in [0.25, 0.3) is 0 Å². The van der Waals surface area contributed by atoms with Gasteiger partial charge in [-0.05, 0) is 54.7 Å². The van der Waals surface area contributed by atoms with E-state index >= 15 is 0 Å². The Morgan fingerprint density at radius 1 is 1.19 bits per heavy atom.